The van der Waals surface area contributed by atoms with E-state index in [1.807, 2.05) is 0 Å². The van der Waals surface area contributed by atoms with E-state index in [1.165, 1.54) is 24.4 Å². The predicted molar refractivity (Wildman–Crippen MR) is 64.6 cm³/mol. The van der Waals surface area contributed by atoms with Gasteiger partial charge in [0.25, 0.3) is 5.69 Å². The highest BCUT2D eigenvalue weighted by Gasteiger charge is 2.03. The molecule has 1 aromatic heterocycles. The Morgan fingerprint density at radius 2 is 2.00 bits per heavy atom. The first-order chi connectivity index (χ1) is 8.65. The summed E-state index contributed by atoms with van der Waals surface area (Å²) in [6, 6.07) is 9.11. The molecule has 1 heterocycles. The van der Waals surface area contributed by atoms with E-state index in [1.54, 1.807) is 18.2 Å². The SMILES string of the molecule is O=[N+]([O-])c1ccc(CNc2ccnc(F)c2)cc1. The number of anilines is 1. The molecule has 0 aliphatic heterocycles. The Balaban J connectivity index is 2.00. The number of aromatic nitrogens is 1. The summed E-state index contributed by atoms with van der Waals surface area (Å²) >= 11 is 0. The summed E-state index contributed by atoms with van der Waals surface area (Å²) < 4.78 is 12.8. The zero-order valence-corrected chi connectivity index (χ0v) is 9.34. The average molecular weight is 247 g/mol. The van der Waals surface area contributed by atoms with Crippen LogP contribution < -0.4 is 5.32 Å². The molecular formula is C12H10FN3O2. The summed E-state index contributed by atoms with van der Waals surface area (Å²) in [5, 5.41) is 13.5. The number of hydrogen-bond acceptors (Lipinski definition) is 4. The minimum atomic E-state index is -0.552. The molecule has 2 aromatic rings. The molecule has 2 rings (SSSR count). The molecule has 0 bridgehead atoms. The monoisotopic (exact) mass is 247 g/mol. The molecule has 0 aliphatic rings. The highest BCUT2D eigenvalue weighted by atomic mass is 19.1. The number of rotatable bonds is 4. The van der Waals surface area contributed by atoms with Crippen molar-refractivity contribution in [2.45, 2.75) is 6.54 Å². The molecule has 92 valence electrons. The number of halogens is 1. The van der Waals surface area contributed by atoms with E-state index in [2.05, 4.69) is 10.3 Å². The first kappa shape index (κ1) is 12.0. The van der Waals surface area contributed by atoms with Crippen LogP contribution in [0.1, 0.15) is 5.56 Å². The molecule has 1 N–H and O–H groups in total. The number of hydrogen-bond donors (Lipinski definition) is 1. The van der Waals surface area contributed by atoms with Crippen LogP contribution in [-0.2, 0) is 6.54 Å². The van der Waals surface area contributed by atoms with Gasteiger partial charge < -0.3 is 5.32 Å². The normalized spacial score (nSPS) is 10.1. The Bertz CT molecular complexity index is 558. The average Bonchev–Trinajstić information content (AvgIpc) is 2.37. The number of non-ortho nitro benzene ring substituents is 1. The smallest absolute Gasteiger partial charge is 0.269 e. The van der Waals surface area contributed by atoms with Gasteiger partial charge in [0.1, 0.15) is 0 Å². The summed E-state index contributed by atoms with van der Waals surface area (Å²) in [6.45, 7) is 0.460. The van der Waals surface area contributed by atoms with Crippen molar-refractivity contribution < 1.29 is 9.31 Å². The number of nitrogens with one attached hydrogen (secondary N) is 1. The fourth-order valence-corrected chi connectivity index (χ4v) is 1.45. The molecule has 6 heteroatoms. The lowest BCUT2D eigenvalue weighted by Gasteiger charge is -2.05. The van der Waals surface area contributed by atoms with Crippen LogP contribution >= 0.6 is 0 Å². The first-order valence-corrected chi connectivity index (χ1v) is 5.24. The molecule has 0 spiro atoms. The molecule has 0 atom stereocenters. The van der Waals surface area contributed by atoms with Crippen molar-refractivity contribution >= 4 is 11.4 Å². The summed E-state index contributed by atoms with van der Waals surface area (Å²) in [6.07, 6.45) is 1.37. The lowest BCUT2D eigenvalue weighted by atomic mass is 10.2. The highest BCUT2D eigenvalue weighted by molar-refractivity contribution is 5.42. The van der Waals surface area contributed by atoms with Gasteiger partial charge in [0.05, 0.1) is 4.92 Å². The molecule has 0 fully saturated rings. The van der Waals surface area contributed by atoms with Crippen molar-refractivity contribution in [1.29, 1.82) is 0 Å². The molecule has 0 saturated heterocycles. The summed E-state index contributed by atoms with van der Waals surface area (Å²) in [5.41, 5.74) is 1.53. The van der Waals surface area contributed by atoms with E-state index in [4.69, 9.17) is 0 Å². The second-order valence-corrected chi connectivity index (χ2v) is 3.64. The second-order valence-electron chi connectivity index (χ2n) is 3.64. The Labute approximate surface area is 102 Å². The van der Waals surface area contributed by atoms with Gasteiger partial charge in [-0.1, -0.05) is 12.1 Å². The van der Waals surface area contributed by atoms with Crippen LogP contribution in [0.15, 0.2) is 42.6 Å². The van der Waals surface area contributed by atoms with Crippen LogP contribution in [0.25, 0.3) is 0 Å². The zero-order valence-electron chi connectivity index (χ0n) is 9.34. The number of nitrogens with zero attached hydrogens (tertiary/aromatic N) is 2. The molecule has 0 amide bonds. The first-order valence-electron chi connectivity index (χ1n) is 5.24. The van der Waals surface area contributed by atoms with Gasteiger partial charge in [-0.3, -0.25) is 10.1 Å². The number of nitro benzene ring substituents is 1. The third-order valence-corrected chi connectivity index (χ3v) is 2.37. The minimum Gasteiger partial charge on any atom is -0.381 e. The molecule has 0 saturated carbocycles. The van der Waals surface area contributed by atoms with Crippen LogP contribution in [0.3, 0.4) is 0 Å². The van der Waals surface area contributed by atoms with E-state index < -0.39 is 10.9 Å². The van der Waals surface area contributed by atoms with Gasteiger partial charge >= 0.3 is 0 Å². The van der Waals surface area contributed by atoms with Crippen LogP contribution in [0.5, 0.6) is 0 Å². The van der Waals surface area contributed by atoms with E-state index in [0.29, 0.717) is 12.2 Å². The van der Waals surface area contributed by atoms with E-state index in [-0.39, 0.29) is 5.69 Å². The molecule has 0 aliphatic carbocycles. The van der Waals surface area contributed by atoms with Crippen molar-refractivity contribution in [2.24, 2.45) is 0 Å². The maximum atomic E-state index is 12.8. The Kier molecular flexibility index (Phi) is 3.47. The number of benzene rings is 1. The van der Waals surface area contributed by atoms with Crippen molar-refractivity contribution in [3.8, 4) is 0 Å². The van der Waals surface area contributed by atoms with Gasteiger partial charge in [-0.05, 0) is 11.6 Å². The van der Waals surface area contributed by atoms with Gasteiger partial charge in [0.15, 0.2) is 0 Å². The summed E-state index contributed by atoms with van der Waals surface area (Å²) in [5.74, 6) is -0.552. The summed E-state index contributed by atoms with van der Waals surface area (Å²) in [7, 11) is 0. The van der Waals surface area contributed by atoms with E-state index in [0.717, 1.165) is 5.56 Å². The third kappa shape index (κ3) is 3.00. The quantitative estimate of drug-likeness (QED) is 0.512. The van der Waals surface area contributed by atoms with Crippen LogP contribution in [-0.4, -0.2) is 9.91 Å². The van der Waals surface area contributed by atoms with Gasteiger partial charge in [0.2, 0.25) is 5.95 Å². The van der Waals surface area contributed by atoms with Crippen molar-refractivity contribution in [3.05, 3.63) is 64.2 Å². The van der Waals surface area contributed by atoms with Crippen LogP contribution in [0.4, 0.5) is 15.8 Å². The molecule has 0 unspecified atom stereocenters. The second kappa shape index (κ2) is 5.22. The molecule has 5 nitrogen and oxygen atoms in total. The van der Waals surface area contributed by atoms with Gasteiger partial charge in [0, 0.05) is 36.6 Å². The topological polar surface area (TPSA) is 68.1 Å². The third-order valence-electron chi connectivity index (χ3n) is 2.37. The van der Waals surface area contributed by atoms with Crippen molar-refractivity contribution in [1.82, 2.24) is 4.98 Å². The minimum absolute atomic E-state index is 0.0497. The fourth-order valence-electron chi connectivity index (χ4n) is 1.45. The highest BCUT2D eigenvalue weighted by Crippen LogP contribution is 2.14. The lowest BCUT2D eigenvalue weighted by molar-refractivity contribution is -0.384. The molecule has 18 heavy (non-hydrogen) atoms. The standard InChI is InChI=1S/C12H10FN3O2/c13-12-7-10(5-6-14-12)15-8-9-1-3-11(4-2-9)16(17)18/h1-7H,8H2,(H,14,15). The largest absolute Gasteiger partial charge is 0.381 e. The zero-order chi connectivity index (χ0) is 13.0. The fraction of sp³-hybridized carbons (Fsp3) is 0.0833. The summed E-state index contributed by atoms with van der Waals surface area (Å²) in [4.78, 5) is 13.5. The van der Waals surface area contributed by atoms with Crippen molar-refractivity contribution in [3.63, 3.8) is 0 Å². The maximum absolute atomic E-state index is 12.8. The van der Waals surface area contributed by atoms with Crippen LogP contribution in [0.2, 0.25) is 0 Å². The molecular weight excluding hydrogens is 237 g/mol. The van der Waals surface area contributed by atoms with E-state index >= 15 is 0 Å². The van der Waals surface area contributed by atoms with Gasteiger partial charge in [-0.25, -0.2) is 4.98 Å². The maximum Gasteiger partial charge on any atom is 0.269 e. The van der Waals surface area contributed by atoms with E-state index in [9.17, 15) is 14.5 Å². The lowest BCUT2D eigenvalue weighted by Crippen LogP contribution is -2.00. The van der Waals surface area contributed by atoms with Gasteiger partial charge in [-0.2, -0.15) is 4.39 Å². The Morgan fingerprint density at radius 1 is 1.28 bits per heavy atom. The molecule has 0 radical (unpaired) electrons. The van der Waals surface area contributed by atoms with Crippen LogP contribution in [0, 0.1) is 16.1 Å². The number of pyridine rings is 1. The Morgan fingerprint density at radius 3 is 2.61 bits per heavy atom. The van der Waals surface area contributed by atoms with Crippen molar-refractivity contribution in [2.75, 3.05) is 5.32 Å². The number of nitro groups is 1. The predicted octanol–water partition coefficient (Wildman–Crippen LogP) is 2.74. The molecule has 1 aromatic carbocycles. The van der Waals surface area contributed by atoms with Gasteiger partial charge in [-0.15, -0.1) is 0 Å². The Hall–Kier alpha value is -2.50.